The van der Waals surface area contributed by atoms with Crippen LogP contribution in [0.4, 0.5) is 0 Å². The summed E-state index contributed by atoms with van der Waals surface area (Å²) in [6, 6.07) is 0.226. The predicted molar refractivity (Wildman–Crippen MR) is 73.4 cm³/mol. The Kier molecular flexibility index (Phi) is 6.01. The van der Waals surface area contributed by atoms with E-state index in [1.54, 1.807) is 7.11 Å². The van der Waals surface area contributed by atoms with Crippen molar-refractivity contribution in [1.29, 1.82) is 0 Å². The molecular weight excluding hydrogens is 274 g/mol. The van der Waals surface area contributed by atoms with Crippen LogP contribution in [0.3, 0.4) is 0 Å². The van der Waals surface area contributed by atoms with Crippen molar-refractivity contribution in [3.05, 3.63) is 16.1 Å². The predicted octanol–water partition coefficient (Wildman–Crippen LogP) is 1.15. The number of aromatic nitrogens is 1. The molecule has 5 nitrogen and oxygen atoms in total. The van der Waals surface area contributed by atoms with Gasteiger partial charge in [0.2, 0.25) is 0 Å². The number of hydrogen-bond donors (Lipinski definition) is 1. The van der Waals surface area contributed by atoms with Gasteiger partial charge in [-0.25, -0.2) is 4.98 Å². The van der Waals surface area contributed by atoms with E-state index in [1.165, 1.54) is 11.3 Å². The minimum atomic E-state index is 0. The minimum Gasteiger partial charge on any atom is -0.378 e. The van der Waals surface area contributed by atoms with Gasteiger partial charge in [-0.05, 0) is 6.92 Å². The fourth-order valence-corrected chi connectivity index (χ4v) is 2.63. The summed E-state index contributed by atoms with van der Waals surface area (Å²) in [6.07, 6.45) is 0. The largest absolute Gasteiger partial charge is 0.378 e. The molecule has 1 aromatic rings. The van der Waals surface area contributed by atoms with Gasteiger partial charge >= 0.3 is 0 Å². The number of nitrogens with one attached hydrogen (secondary N) is 1. The summed E-state index contributed by atoms with van der Waals surface area (Å²) in [5.74, 6) is 0.0256. The fourth-order valence-electron chi connectivity index (χ4n) is 1.89. The Morgan fingerprint density at radius 2 is 2.50 bits per heavy atom. The first-order chi connectivity index (χ1) is 8.22. The number of rotatable bonds is 3. The molecule has 18 heavy (non-hydrogen) atoms. The lowest BCUT2D eigenvalue weighted by atomic mass is 10.2. The minimum absolute atomic E-state index is 0. The van der Waals surface area contributed by atoms with Crippen LogP contribution in [0.1, 0.15) is 22.4 Å². The number of piperazine rings is 1. The zero-order valence-corrected chi connectivity index (χ0v) is 12.1. The van der Waals surface area contributed by atoms with E-state index in [0.717, 1.165) is 24.6 Å². The number of methoxy groups -OCH3 is 1. The molecule has 7 heteroatoms. The third kappa shape index (κ3) is 3.41. The van der Waals surface area contributed by atoms with Crippen LogP contribution >= 0.6 is 23.7 Å². The van der Waals surface area contributed by atoms with Gasteiger partial charge < -0.3 is 15.0 Å². The summed E-state index contributed by atoms with van der Waals surface area (Å²) in [4.78, 5) is 18.4. The van der Waals surface area contributed by atoms with Crippen LogP contribution in [0.5, 0.6) is 0 Å². The Morgan fingerprint density at radius 3 is 3.17 bits per heavy atom. The molecule has 0 saturated carbocycles. The smallest absolute Gasteiger partial charge is 0.273 e. The monoisotopic (exact) mass is 291 g/mol. The summed E-state index contributed by atoms with van der Waals surface area (Å²) in [6.45, 7) is 4.96. The maximum atomic E-state index is 12.2. The van der Waals surface area contributed by atoms with E-state index in [-0.39, 0.29) is 24.4 Å². The van der Waals surface area contributed by atoms with Crippen LogP contribution in [0.25, 0.3) is 0 Å². The van der Waals surface area contributed by atoms with E-state index in [2.05, 4.69) is 10.3 Å². The Hall–Kier alpha value is -0.690. The lowest BCUT2D eigenvalue weighted by Crippen LogP contribution is -2.52. The number of ether oxygens (including phenoxy) is 1. The first-order valence-corrected chi connectivity index (χ1v) is 6.55. The highest BCUT2D eigenvalue weighted by molar-refractivity contribution is 7.09. The molecule has 1 atom stereocenters. The molecule has 1 N–H and O–H groups in total. The average Bonchev–Trinajstić information content (AvgIpc) is 2.78. The van der Waals surface area contributed by atoms with Gasteiger partial charge in [0.25, 0.3) is 5.91 Å². The molecule has 1 aliphatic heterocycles. The van der Waals surface area contributed by atoms with Gasteiger partial charge in [0, 0.05) is 38.2 Å². The molecule has 0 radical (unpaired) electrons. The van der Waals surface area contributed by atoms with Crippen LogP contribution in [-0.2, 0) is 11.3 Å². The van der Waals surface area contributed by atoms with Gasteiger partial charge in [-0.3, -0.25) is 4.79 Å². The quantitative estimate of drug-likeness (QED) is 0.907. The second-order valence-electron chi connectivity index (χ2n) is 4.11. The molecule has 0 unspecified atom stereocenters. The van der Waals surface area contributed by atoms with Crippen LogP contribution in [0.15, 0.2) is 5.38 Å². The van der Waals surface area contributed by atoms with Crippen LogP contribution in [-0.4, -0.2) is 48.6 Å². The fraction of sp³-hybridized carbons (Fsp3) is 0.636. The molecule has 1 fully saturated rings. The third-order valence-corrected chi connectivity index (χ3v) is 3.62. The molecule has 0 bridgehead atoms. The molecule has 102 valence electrons. The normalized spacial score (nSPS) is 19.4. The second-order valence-corrected chi connectivity index (χ2v) is 5.05. The van der Waals surface area contributed by atoms with E-state index in [9.17, 15) is 4.79 Å². The highest BCUT2D eigenvalue weighted by atomic mass is 35.5. The molecule has 1 amide bonds. The van der Waals surface area contributed by atoms with Gasteiger partial charge in [-0.2, -0.15) is 0 Å². The van der Waals surface area contributed by atoms with Gasteiger partial charge in [0.05, 0.1) is 6.61 Å². The van der Waals surface area contributed by atoms with Crippen molar-refractivity contribution in [1.82, 2.24) is 15.2 Å². The van der Waals surface area contributed by atoms with E-state index in [1.807, 2.05) is 17.2 Å². The van der Waals surface area contributed by atoms with Gasteiger partial charge in [-0.1, -0.05) is 0 Å². The Balaban J connectivity index is 0.00000162. The van der Waals surface area contributed by atoms with Crippen molar-refractivity contribution in [3.63, 3.8) is 0 Å². The van der Waals surface area contributed by atoms with E-state index in [4.69, 9.17) is 4.74 Å². The number of thiazole rings is 1. The standard InChI is InChI=1S/C11H17N3O2S.ClH/c1-8-5-12-3-4-14(8)11(15)9-7-17-10(13-9)6-16-2;/h7-8,12H,3-6H2,1-2H3;1H/t8-;/m1./s1. The van der Waals surface area contributed by atoms with E-state index >= 15 is 0 Å². The van der Waals surface area contributed by atoms with Crippen LogP contribution in [0, 0.1) is 0 Å². The van der Waals surface area contributed by atoms with Crippen molar-refractivity contribution in [2.75, 3.05) is 26.7 Å². The van der Waals surface area contributed by atoms with Gasteiger partial charge in [0.15, 0.2) is 0 Å². The summed E-state index contributed by atoms with van der Waals surface area (Å²) in [5.41, 5.74) is 0.538. The first kappa shape index (κ1) is 15.4. The van der Waals surface area contributed by atoms with Crippen molar-refractivity contribution in [2.24, 2.45) is 0 Å². The molecule has 2 heterocycles. The summed E-state index contributed by atoms with van der Waals surface area (Å²) < 4.78 is 5.00. The van der Waals surface area contributed by atoms with Crippen molar-refractivity contribution < 1.29 is 9.53 Å². The molecular formula is C11H18ClN3O2S. The molecule has 2 rings (SSSR count). The molecule has 0 aliphatic carbocycles. The SMILES string of the molecule is COCc1nc(C(=O)N2CCNC[C@H]2C)cs1.Cl. The third-order valence-electron chi connectivity index (χ3n) is 2.80. The van der Waals surface area contributed by atoms with Crippen molar-refractivity contribution in [3.8, 4) is 0 Å². The van der Waals surface area contributed by atoms with Gasteiger partial charge in [0.1, 0.15) is 10.7 Å². The maximum Gasteiger partial charge on any atom is 0.273 e. The highest BCUT2D eigenvalue weighted by Gasteiger charge is 2.25. The zero-order valence-electron chi connectivity index (χ0n) is 10.5. The van der Waals surface area contributed by atoms with Crippen molar-refractivity contribution >= 4 is 29.7 Å². The molecule has 1 saturated heterocycles. The summed E-state index contributed by atoms with van der Waals surface area (Å²) >= 11 is 1.47. The molecule has 1 aliphatic rings. The number of carbonyl (C=O) groups excluding carboxylic acids is 1. The van der Waals surface area contributed by atoms with Crippen molar-refractivity contribution in [2.45, 2.75) is 19.6 Å². The highest BCUT2D eigenvalue weighted by Crippen LogP contribution is 2.14. The van der Waals surface area contributed by atoms with Crippen LogP contribution in [0.2, 0.25) is 0 Å². The van der Waals surface area contributed by atoms with E-state index < -0.39 is 0 Å². The van der Waals surface area contributed by atoms with Crippen LogP contribution < -0.4 is 5.32 Å². The molecule has 1 aromatic heterocycles. The topological polar surface area (TPSA) is 54.5 Å². The number of amides is 1. The number of hydrogen-bond acceptors (Lipinski definition) is 5. The number of halogens is 1. The Morgan fingerprint density at radius 1 is 1.72 bits per heavy atom. The summed E-state index contributed by atoms with van der Waals surface area (Å²) in [7, 11) is 1.63. The maximum absolute atomic E-state index is 12.2. The number of nitrogens with zero attached hydrogens (tertiary/aromatic N) is 2. The lowest BCUT2D eigenvalue weighted by Gasteiger charge is -2.33. The number of carbonyl (C=O) groups is 1. The second kappa shape index (κ2) is 7.04. The zero-order chi connectivity index (χ0) is 12.3. The molecule has 0 aromatic carbocycles. The average molecular weight is 292 g/mol. The summed E-state index contributed by atoms with van der Waals surface area (Å²) in [5, 5.41) is 5.92. The lowest BCUT2D eigenvalue weighted by molar-refractivity contribution is 0.0650. The first-order valence-electron chi connectivity index (χ1n) is 5.67. The van der Waals surface area contributed by atoms with E-state index in [0.29, 0.717) is 12.3 Å². The Bertz CT molecular complexity index is 399. The van der Waals surface area contributed by atoms with Gasteiger partial charge in [-0.15, -0.1) is 23.7 Å². The molecule has 0 spiro atoms. The Labute approximate surface area is 117 Å².